The van der Waals surface area contributed by atoms with E-state index in [0.717, 1.165) is 61.5 Å². The van der Waals surface area contributed by atoms with Crippen molar-refractivity contribution in [1.29, 1.82) is 0 Å². The van der Waals surface area contributed by atoms with Crippen LogP contribution in [0.25, 0.3) is 0 Å². The van der Waals surface area contributed by atoms with Gasteiger partial charge in [0.15, 0.2) is 11.5 Å². The molecular formula is C16H23ClN2O3. The second-order valence-electron chi connectivity index (χ2n) is 5.99. The lowest BCUT2D eigenvalue weighted by Crippen LogP contribution is -2.46. The van der Waals surface area contributed by atoms with E-state index in [1.807, 2.05) is 12.1 Å². The molecule has 22 heavy (non-hydrogen) atoms. The monoisotopic (exact) mass is 326 g/mol. The van der Waals surface area contributed by atoms with Crippen molar-refractivity contribution in [3.05, 3.63) is 22.7 Å². The molecule has 1 fully saturated rings. The molecule has 122 valence electrons. The molecule has 0 N–H and O–H groups in total. The fourth-order valence-corrected chi connectivity index (χ4v) is 3.23. The molecule has 0 radical (unpaired) electrons. The molecule has 0 aliphatic carbocycles. The Kier molecular flexibility index (Phi) is 5.08. The standard InChI is InChI=1S/C16H23ClN2O3/c1-12(19-3-5-20-6-4-19)9-18(2)10-13-7-15-16(8-14(13)17)22-11-21-15/h7-8,12H,3-6,9-11H2,1-2H3/t12-/m0/s1. The third kappa shape index (κ3) is 3.66. The largest absolute Gasteiger partial charge is 0.454 e. The maximum atomic E-state index is 6.35. The van der Waals surface area contributed by atoms with Crippen LogP contribution in [0.2, 0.25) is 5.02 Å². The van der Waals surface area contributed by atoms with Gasteiger partial charge in [0.25, 0.3) is 0 Å². The minimum Gasteiger partial charge on any atom is -0.454 e. The predicted molar refractivity (Wildman–Crippen MR) is 85.8 cm³/mol. The highest BCUT2D eigenvalue weighted by Crippen LogP contribution is 2.37. The van der Waals surface area contributed by atoms with Crippen LogP contribution in [-0.4, -0.2) is 62.5 Å². The number of hydrogen-bond donors (Lipinski definition) is 0. The van der Waals surface area contributed by atoms with Crippen LogP contribution in [0.15, 0.2) is 12.1 Å². The fourth-order valence-electron chi connectivity index (χ4n) is 3.02. The first-order valence-corrected chi connectivity index (χ1v) is 8.09. The lowest BCUT2D eigenvalue weighted by Gasteiger charge is -2.34. The Labute approximate surface area is 136 Å². The van der Waals surface area contributed by atoms with Crippen LogP contribution < -0.4 is 9.47 Å². The Hall–Kier alpha value is -1.01. The summed E-state index contributed by atoms with van der Waals surface area (Å²) in [5.41, 5.74) is 1.07. The molecule has 0 unspecified atom stereocenters. The molecule has 0 spiro atoms. The van der Waals surface area contributed by atoms with E-state index >= 15 is 0 Å². The molecule has 2 aliphatic heterocycles. The first-order chi connectivity index (χ1) is 10.6. The van der Waals surface area contributed by atoms with Crippen LogP contribution >= 0.6 is 11.6 Å². The van der Waals surface area contributed by atoms with Gasteiger partial charge in [0.2, 0.25) is 6.79 Å². The maximum absolute atomic E-state index is 6.35. The van der Waals surface area contributed by atoms with Crippen LogP contribution in [0.3, 0.4) is 0 Å². The fraction of sp³-hybridized carbons (Fsp3) is 0.625. The third-order valence-electron chi connectivity index (χ3n) is 4.23. The Morgan fingerprint density at radius 2 is 1.91 bits per heavy atom. The zero-order valence-electron chi connectivity index (χ0n) is 13.2. The smallest absolute Gasteiger partial charge is 0.231 e. The van der Waals surface area contributed by atoms with Crippen molar-refractivity contribution < 1.29 is 14.2 Å². The van der Waals surface area contributed by atoms with E-state index in [4.69, 9.17) is 25.8 Å². The summed E-state index contributed by atoms with van der Waals surface area (Å²) in [5, 5.41) is 0.732. The number of ether oxygens (including phenoxy) is 3. The van der Waals surface area contributed by atoms with Crippen molar-refractivity contribution in [2.45, 2.75) is 19.5 Å². The van der Waals surface area contributed by atoms with E-state index in [-0.39, 0.29) is 6.79 Å². The summed E-state index contributed by atoms with van der Waals surface area (Å²) in [6.45, 7) is 8.03. The molecule has 1 aromatic carbocycles. The number of hydrogen-bond acceptors (Lipinski definition) is 5. The number of halogens is 1. The molecule has 0 aromatic heterocycles. The van der Waals surface area contributed by atoms with Crippen LogP contribution in [-0.2, 0) is 11.3 Å². The number of morpholine rings is 1. The van der Waals surface area contributed by atoms with Gasteiger partial charge in [-0.05, 0) is 25.6 Å². The van der Waals surface area contributed by atoms with Crippen molar-refractivity contribution in [3.8, 4) is 11.5 Å². The van der Waals surface area contributed by atoms with E-state index in [2.05, 4.69) is 23.8 Å². The topological polar surface area (TPSA) is 34.2 Å². The SMILES string of the molecule is C[C@@H](CN(C)Cc1cc2c(cc1Cl)OCO2)N1CCOCC1. The average Bonchev–Trinajstić information content (AvgIpc) is 2.95. The van der Waals surface area contributed by atoms with Gasteiger partial charge in [-0.25, -0.2) is 0 Å². The lowest BCUT2D eigenvalue weighted by atomic mass is 10.1. The normalized spacial score (nSPS) is 19.6. The van der Waals surface area contributed by atoms with Gasteiger partial charge in [0.05, 0.1) is 13.2 Å². The summed E-state index contributed by atoms with van der Waals surface area (Å²) in [5.74, 6) is 1.52. The van der Waals surface area contributed by atoms with Gasteiger partial charge in [-0.15, -0.1) is 0 Å². The Morgan fingerprint density at radius 3 is 2.64 bits per heavy atom. The average molecular weight is 327 g/mol. The summed E-state index contributed by atoms with van der Waals surface area (Å²) in [6, 6.07) is 4.33. The van der Waals surface area contributed by atoms with Crippen molar-refractivity contribution in [2.24, 2.45) is 0 Å². The van der Waals surface area contributed by atoms with Gasteiger partial charge in [0.1, 0.15) is 0 Å². The Morgan fingerprint density at radius 1 is 1.23 bits per heavy atom. The second kappa shape index (κ2) is 7.04. The summed E-state index contributed by atoms with van der Waals surface area (Å²) < 4.78 is 16.2. The van der Waals surface area contributed by atoms with Gasteiger partial charge in [0, 0.05) is 43.3 Å². The molecule has 3 rings (SSSR count). The number of benzene rings is 1. The quantitative estimate of drug-likeness (QED) is 0.829. The van der Waals surface area contributed by atoms with E-state index in [1.54, 1.807) is 0 Å². The lowest BCUT2D eigenvalue weighted by molar-refractivity contribution is 0.0137. The number of rotatable bonds is 5. The van der Waals surface area contributed by atoms with Gasteiger partial charge in [-0.3, -0.25) is 4.90 Å². The summed E-state index contributed by atoms with van der Waals surface area (Å²) in [7, 11) is 2.12. The first kappa shape index (κ1) is 15.9. The molecule has 0 bridgehead atoms. The maximum Gasteiger partial charge on any atom is 0.231 e. The van der Waals surface area contributed by atoms with Crippen molar-refractivity contribution >= 4 is 11.6 Å². The zero-order valence-corrected chi connectivity index (χ0v) is 13.9. The number of fused-ring (bicyclic) bond motifs is 1. The Bertz CT molecular complexity index is 520. The summed E-state index contributed by atoms with van der Waals surface area (Å²) >= 11 is 6.35. The van der Waals surface area contributed by atoms with E-state index in [9.17, 15) is 0 Å². The molecule has 1 saturated heterocycles. The van der Waals surface area contributed by atoms with Crippen LogP contribution in [0.1, 0.15) is 12.5 Å². The molecule has 1 aromatic rings. The molecule has 0 saturated carbocycles. The van der Waals surface area contributed by atoms with Crippen molar-refractivity contribution in [1.82, 2.24) is 9.80 Å². The summed E-state index contributed by atoms with van der Waals surface area (Å²) in [6.07, 6.45) is 0. The molecule has 6 heteroatoms. The molecule has 2 heterocycles. The summed E-state index contributed by atoms with van der Waals surface area (Å²) in [4.78, 5) is 4.77. The van der Waals surface area contributed by atoms with E-state index < -0.39 is 0 Å². The van der Waals surface area contributed by atoms with Crippen molar-refractivity contribution in [3.63, 3.8) is 0 Å². The Balaban J connectivity index is 1.58. The van der Waals surface area contributed by atoms with E-state index in [0.29, 0.717) is 6.04 Å². The van der Waals surface area contributed by atoms with Gasteiger partial charge >= 0.3 is 0 Å². The molecule has 2 aliphatic rings. The first-order valence-electron chi connectivity index (χ1n) is 7.72. The molecular weight excluding hydrogens is 304 g/mol. The molecule has 5 nitrogen and oxygen atoms in total. The highest BCUT2D eigenvalue weighted by atomic mass is 35.5. The molecule has 0 amide bonds. The number of likely N-dealkylation sites (N-methyl/N-ethyl adjacent to an activating group) is 1. The minimum atomic E-state index is 0.277. The van der Waals surface area contributed by atoms with Crippen molar-refractivity contribution in [2.75, 3.05) is 46.7 Å². The van der Waals surface area contributed by atoms with Gasteiger partial charge in [-0.2, -0.15) is 0 Å². The highest BCUT2D eigenvalue weighted by molar-refractivity contribution is 6.31. The minimum absolute atomic E-state index is 0.277. The van der Waals surface area contributed by atoms with Crippen LogP contribution in [0.4, 0.5) is 0 Å². The predicted octanol–water partition coefficient (Wildman–Crippen LogP) is 2.22. The van der Waals surface area contributed by atoms with Crippen LogP contribution in [0, 0.1) is 0 Å². The highest BCUT2D eigenvalue weighted by Gasteiger charge is 2.20. The van der Waals surface area contributed by atoms with Gasteiger partial charge < -0.3 is 19.1 Å². The third-order valence-corrected chi connectivity index (χ3v) is 4.58. The van der Waals surface area contributed by atoms with Gasteiger partial charge in [-0.1, -0.05) is 11.6 Å². The zero-order chi connectivity index (χ0) is 15.5. The second-order valence-corrected chi connectivity index (χ2v) is 6.40. The van der Waals surface area contributed by atoms with E-state index in [1.165, 1.54) is 0 Å². The molecule has 1 atom stereocenters. The number of nitrogens with zero attached hydrogens (tertiary/aromatic N) is 2. The van der Waals surface area contributed by atoms with Crippen LogP contribution in [0.5, 0.6) is 11.5 Å².